The van der Waals surface area contributed by atoms with Gasteiger partial charge in [0.15, 0.2) is 5.16 Å². The van der Waals surface area contributed by atoms with Gasteiger partial charge in [0, 0.05) is 42.4 Å². The summed E-state index contributed by atoms with van der Waals surface area (Å²) in [5, 5.41) is 3.56. The van der Waals surface area contributed by atoms with E-state index in [-0.39, 0.29) is 29.9 Å². The third-order valence-electron chi connectivity index (χ3n) is 7.86. The molecule has 8 nitrogen and oxygen atoms in total. The molecule has 3 aromatic carbocycles. The first-order valence-electron chi connectivity index (χ1n) is 15.5. The summed E-state index contributed by atoms with van der Waals surface area (Å²) in [6, 6.07) is 22.4. The molecule has 240 valence electrons. The van der Waals surface area contributed by atoms with E-state index >= 15 is 0 Å². The fraction of sp³-hybridized carbons (Fsp3) is 0.333. The average molecular weight is 642 g/mol. The van der Waals surface area contributed by atoms with E-state index in [0.29, 0.717) is 41.1 Å². The summed E-state index contributed by atoms with van der Waals surface area (Å²) in [6.45, 7) is 11.1. The van der Waals surface area contributed by atoms with Gasteiger partial charge in [0.1, 0.15) is 11.9 Å². The molecule has 0 saturated carbocycles. The summed E-state index contributed by atoms with van der Waals surface area (Å²) in [6.07, 6.45) is 0. The van der Waals surface area contributed by atoms with E-state index in [1.807, 2.05) is 68.4 Å². The van der Waals surface area contributed by atoms with Crippen molar-refractivity contribution in [2.45, 2.75) is 51.4 Å². The van der Waals surface area contributed by atoms with Crippen LogP contribution in [0.15, 0.2) is 84.0 Å². The zero-order chi connectivity index (χ0) is 32.6. The number of carbonyl (C=O) groups is 2. The zero-order valence-electron chi connectivity index (χ0n) is 26.7. The first-order chi connectivity index (χ1) is 22.2. The van der Waals surface area contributed by atoms with Gasteiger partial charge in [-0.05, 0) is 78.9 Å². The molecule has 1 unspecified atom stereocenters. The summed E-state index contributed by atoms with van der Waals surface area (Å²) in [5.74, 6) is -0.667. The van der Waals surface area contributed by atoms with E-state index in [1.165, 1.54) is 23.9 Å². The van der Waals surface area contributed by atoms with Gasteiger partial charge >= 0.3 is 0 Å². The molecule has 1 aliphatic heterocycles. The lowest BCUT2D eigenvalue weighted by Gasteiger charge is -2.32. The van der Waals surface area contributed by atoms with E-state index in [0.717, 1.165) is 35.7 Å². The van der Waals surface area contributed by atoms with Crippen molar-refractivity contribution in [3.63, 3.8) is 0 Å². The number of aromatic nitrogens is 2. The maximum atomic E-state index is 14.2. The van der Waals surface area contributed by atoms with E-state index in [2.05, 4.69) is 34.0 Å². The molecule has 1 aliphatic rings. The number of ether oxygens (including phenoxy) is 1. The second-order valence-corrected chi connectivity index (χ2v) is 12.7. The Bertz CT molecular complexity index is 1610. The van der Waals surface area contributed by atoms with Crippen molar-refractivity contribution in [2.24, 2.45) is 0 Å². The maximum Gasteiger partial charge on any atom is 0.251 e. The Balaban J connectivity index is 1.46. The number of hydrogen-bond acceptors (Lipinski definition) is 7. The predicted molar refractivity (Wildman–Crippen MR) is 181 cm³/mol. The van der Waals surface area contributed by atoms with Gasteiger partial charge in [-0.3, -0.25) is 9.59 Å². The molecule has 0 aliphatic carbocycles. The molecule has 46 heavy (non-hydrogen) atoms. The molecule has 5 rings (SSSR count). The lowest BCUT2D eigenvalue weighted by atomic mass is 9.97. The van der Waals surface area contributed by atoms with Crippen LogP contribution in [-0.2, 0) is 20.9 Å². The van der Waals surface area contributed by atoms with Crippen LogP contribution in [0, 0.1) is 19.7 Å². The Morgan fingerprint density at radius 2 is 1.52 bits per heavy atom. The van der Waals surface area contributed by atoms with Crippen LogP contribution in [0.3, 0.4) is 0 Å². The highest BCUT2D eigenvalue weighted by Gasteiger charge is 2.32. The third kappa shape index (κ3) is 8.70. The fourth-order valence-electron chi connectivity index (χ4n) is 5.40. The van der Waals surface area contributed by atoms with Gasteiger partial charge in [-0.25, -0.2) is 14.4 Å². The van der Waals surface area contributed by atoms with Crippen LogP contribution in [0.25, 0.3) is 0 Å². The average Bonchev–Trinajstić information content (AvgIpc) is 3.05. The van der Waals surface area contributed by atoms with Gasteiger partial charge in [0.05, 0.1) is 19.0 Å². The molecule has 1 saturated heterocycles. The number of rotatable bonds is 11. The highest BCUT2D eigenvalue weighted by atomic mass is 32.2. The SMILES string of the molecule is Cc1cc(C)nc(SCC(=O)N(Cc2ccc(F)cc2)C(C(=O)Nc2ccc(N3CCOCC3)cc2)c2ccc(C(C)C)cc2)n1. The molecule has 0 bridgehead atoms. The summed E-state index contributed by atoms with van der Waals surface area (Å²) in [5.41, 5.74) is 5.81. The fourth-order valence-corrected chi connectivity index (χ4v) is 6.24. The van der Waals surface area contributed by atoms with Crippen molar-refractivity contribution in [2.75, 3.05) is 42.3 Å². The van der Waals surface area contributed by atoms with Gasteiger partial charge in [-0.2, -0.15) is 0 Å². The molecule has 0 radical (unpaired) electrons. The molecule has 2 amide bonds. The minimum Gasteiger partial charge on any atom is -0.378 e. The summed E-state index contributed by atoms with van der Waals surface area (Å²) in [4.78, 5) is 41.1. The number of nitrogens with zero attached hydrogens (tertiary/aromatic N) is 4. The largest absolute Gasteiger partial charge is 0.378 e. The number of amides is 2. The molecule has 0 spiro atoms. The van der Waals surface area contributed by atoms with Crippen LogP contribution in [0.4, 0.5) is 15.8 Å². The zero-order valence-corrected chi connectivity index (χ0v) is 27.5. The second-order valence-electron chi connectivity index (χ2n) is 11.7. The number of carbonyl (C=O) groups excluding carboxylic acids is 2. The molecule has 1 aromatic heterocycles. The van der Waals surface area contributed by atoms with E-state index in [1.54, 1.807) is 17.0 Å². The first kappa shape index (κ1) is 33.1. The number of hydrogen-bond donors (Lipinski definition) is 1. The standard InChI is InChI=1S/C36H40FN5O3S/c1-24(2)28-7-9-29(10-8-28)34(35(44)40-31-13-15-32(16-14-31)41-17-19-45-20-18-41)42(22-27-5-11-30(37)12-6-27)33(43)23-46-36-38-25(3)21-26(4)39-36/h5-16,21,24,34H,17-20,22-23H2,1-4H3,(H,40,44). The van der Waals surface area contributed by atoms with Gasteiger partial charge in [0.25, 0.3) is 5.91 Å². The smallest absolute Gasteiger partial charge is 0.251 e. The lowest BCUT2D eigenvalue weighted by molar-refractivity contribution is -0.137. The van der Waals surface area contributed by atoms with Crippen LogP contribution in [-0.4, -0.2) is 58.7 Å². The highest BCUT2D eigenvalue weighted by molar-refractivity contribution is 7.99. The third-order valence-corrected chi connectivity index (χ3v) is 8.70. The number of aryl methyl sites for hydroxylation is 2. The maximum absolute atomic E-state index is 14.2. The predicted octanol–water partition coefficient (Wildman–Crippen LogP) is 6.69. The molecular weight excluding hydrogens is 601 g/mol. The molecular formula is C36H40FN5O3S. The van der Waals surface area contributed by atoms with Crippen molar-refractivity contribution in [1.82, 2.24) is 14.9 Å². The van der Waals surface area contributed by atoms with E-state index < -0.39 is 6.04 Å². The minimum atomic E-state index is -0.960. The van der Waals surface area contributed by atoms with Crippen molar-refractivity contribution in [3.05, 3.63) is 113 Å². The molecule has 1 fully saturated rings. The molecule has 10 heteroatoms. The van der Waals surface area contributed by atoms with Gasteiger partial charge < -0.3 is 19.9 Å². The van der Waals surface area contributed by atoms with Gasteiger partial charge in [-0.1, -0.05) is 62.0 Å². The van der Waals surface area contributed by atoms with Crippen LogP contribution in [0.1, 0.15) is 53.9 Å². The van der Waals surface area contributed by atoms with Gasteiger partial charge in [0.2, 0.25) is 5.91 Å². The van der Waals surface area contributed by atoms with Gasteiger partial charge in [-0.15, -0.1) is 0 Å². The molecule has 4 aromatic rings. The molecule has 1 atom stereocenters. The topological polar surface area (TPSA) is 87.7 Å². The van der Waals surface area contributed by atoms with Crippen LogP contribution in [0.5, 0.6) is 0 Å². The Hall–Kier alpha value is -4.28. The monoisotopic (exact) mass is 641 g/mol. The summed E-state index contributed by atoms with van der Waals surface area (Å²) >= 11 is 1.23. The summed E-state index contributed by atoms with van der Waals surface area (Å²) in [7, 11) is 0. The Morgan fingerprint density at radius 1 is 0.913 bits per heavy atom. The van der Waals surface area contributed by atoms with Crippen LogP contribution < -0.4 is 10.2 Å². The van der Waals surface area contributed by atoms with Crippen LogP contribution in [0.2, 0.25) is 0 Å². The van der Waals surface area contributed by atoms with Crippen molar-refractivity contribution < 1.29 is 18.7 Å². The normalized spacial score (nSPS) is 13.8. The quantitative estimate of drug-likeness (QED) is 0.144. The summed E-state index contributed by atoms with van der Waals surface area (Å²) < 4.78 is 19.3. The van der Waals surface area contributed by atoms with Crippen molar-refractivity contribution in [1.29, 1.82) is 0 Å². The molecule has 1 N–H and O–H groups in total. The van der Waals surface area contributed by atoms with Crippen LogP contribution >= 0.6 is 11.8 Å². The van der Waals surface area contributed by atoms with Crippen molar-refractivity contribution >= 4 is 35.0 Å². The van der Waals surface area contributed by atoms with E-state index in [9.17, 15) is 14.0 Å². The number of morpholine rings is 1. The number of nitrogens with one attached hydrogen (secondary N) is 1. The lowest BCUT2D eigenvalue weighted by Crippen LogP contribution is -2.42. The number of thioether (sulfide) groups is 1. The van der Waals surface area contributed by atoms with E-state index in [4.69, 9.17) is 4.74 Å². The highest BCUT2D eigenvalue weighted by Crippen LogP contribution is 2.29. The number of benzene rings is 3. The number of halogens is 1. The minimum absolute atomic E-state index is 0.0200. The first-order valence-corrected chi connectivity index (χ1v) is 16.5. The Morgan fingerprint density at radius 3 is 2.13 bits per heavy atom. The molecule has 2 heterocycles. The Labute approximate surface area is 274 Å². The Kier molecular flexibility index (Phi) is 11.0. The number of anilines is 2. The second kappa shape index (κ2) is 15.3. The van der Waals surface area contributed by atoms with Crippen molar-refractivity contribution in [3.8, 4) is 0 Å².